The highest BCUT2D eigenvalue weighted by Crippen LogP contribution is 2.39. The molecule has 2 heterocycles. The first-order chi connectivity index (χ1) is 8.86. The maximum absolute atomic E-state index is 10.6. The molecular weight excluding hydrogens is 228 g/mol. The van der Waals surface area contributed by atoms with Crippen LogP contribution in [0.25, 0.3) is 0 Å². The summed E-state index contributed by atoms with van der Waals surface area (Å²) in [5, 5.41) is 10.6. The molecule has 1 saturated heterocycles. The maximum atomic E-state index is 10.6. The van der Waals surface area contributed by atoms with E-state index in [4.69, 9.17) is 9.47 Å². The third-order valence-electron chi connectivity index (χ3n) is 4.17. The average molecular weight is 248 g/mol. The number of hydrogen-bond donors (Lipinski definition) is 1. The highest BCUT2D eigenvalue weighted by molar-refractivity contribution is 5.38. The Morgan fingerprint density at radius 2 is 1.83 bits per heavy atom. The lowest BCUT2D eigenvalue weighted by Crippen LogP contribution is -2.34. The number of aliphatic hydroxyl groups is 1. The first-order valence-corrected chi connectivity index (χ1v) is 6.84. The first kappa shape index (κ1) is 12.0. The summed E-state index contributed by atoms with van der Waals surface area (Å²) in [6.45, 7) is 2.28. The lowest BCUT2D eigenvalue weighted by molar-refractivity contribution is -0.00845. The predicted molar refractivity (Wildman–Crippen MR) is 68.8 cm³/mol. The van der Waals surface area contributed by atoms with Gasteiger partial charge in [0.25, 0.3) is 0 Å². The van der Waals surface area contributed by atoms with Gasteiger partial charge in [-0.2, -0.15) is 0 Å². The summed E-state index contributed by atoms with van der Waals surface area (Å²) in [6, 6.07) is 8.10. The number of rotatable bonds is 2. The smallest absolute Gasteiger partial charge is 0.122 e. The number of aliphatic hydroxyl groups excluding tert-OH is 1. The minimum absolute atomic E-state index is 0.220. The van der Waals surface area contributed by atoms with Crippen molar-refractivity contribution in [3.8, 4) is 5.75 Å². The number of fused-ring (bicyclic) bond motifs is 1. The fourth-order valence-corrected chi connectivity index (χ4v) is 3.11. The van der Waals surface area contributed by atoms with Crippen LogP contribution >= 0.6 is 0 Å². The van der Waals surface area contributed by atoms with Crippen LogP contribution in [0, 0.1) is 5.92 Å². The fraction of sp³-hybridized carbons (Fsp3) is 0.600. The van der Waals surface area contributed by atoms with Gasteiger partial charge in [0.05, 0.1) is 12.7 Å². The van der Waals surface area contributed by atoms with E-state index in [1.807, 2.05) is 18.2 Å². The third kappa shape index (κ3) is 2.25. The molecule has 1 N–H and O–H groups in total. The Kier molecular flexibility index (Phi) is 3.52. The van der Waals surface area contributed by atoms with Gasteiger partial charge < -0.3 is 14.6 Å². The van der Waals surface area contributed by atoms with Crippen LogP contribution in [0.3, 0.4) is 0 Å². The quantitative estimate of drug-likeness (QED) is 0.873. The van der Waals surface area contributed by atoms with Gasteiger partial charge in [-0.25, -0.2) is 0 Å². The molecule has 3 nitrogen and oxygen atoms in total. The van der Waals surface area contributed by atoms with E-state index < -0.39 is 0 Å². The second-order valence-corrected chi connectivity index (χ2v) is 5.22. The topological polar surface area (TPSA) is 38.7 Å². The van der Waals surface area contributed by atoms with Gasteiger partial charge in [-0.1, -0.05) is 18.2 Å². The van der Waals surface area contributed by atoms with Gasteiger partial charge in [-0.15, -0.1) is 0 Å². The van der Waals surface area contributed by atoms with Crippen LogP contribution in [0.15, 0.2) is 24.3 Å². The van der Waals surface area contributed by atoms with Crippen molar-refractivity contribution in [3.63, 3.8) is 0 Å². The summed E-state index contributed by atoms with van der Waals surface area (Å²) in [5.41, 5.74) is 1.17. The Bertz CT molecular complexity index is 398. The van der Waals surface area contributed by atoms with Crippen molar-refractivity contribution in [2.24, 2.45) is 5.92 Å². The summed E-state index contributed by atoms with van der Waals surface area (Å²) >= 11 is 0. The van der Waals surface area contributed by atoms with Crippen molar-refractivity contribution in [3.05, 3.63) is 29.8 Å². The van der Waals surface area contributed by atoms with Crippen molar-refractivity contribution in [2.75, 3.05) is 19.8 Å². The second kappa shape index (κ2) is 5.29. The fourth-order valence-electron chi connectivity index (χ4n) is 3.11. The van der Waals surface area contributed by atoms with E-state index in [1.165, 1.54) is 5.56 Å². The number of hydrogen-bond acceptors (Lipinski definition) is 3. The zero-order valence-electron chi connectivity index (χ0n) is 10.5. The van der Waals surface area contributed by atoms with Crippen molar-refractivity contribution in [2.45, 2.75) is 31.3 Å². The molecular formula is C15H20O3. The van der Waals surface area contributed by atoms with Crippen molar-refractivity contribution >= 4 is 0 Å². The van der Waals surface area contributed by atoms with Gasteiger partial charge in [0.1, 0.15) is 5.75 Å². The Balaban J connectivity index is 1.80. The Morgan fingerprint density at radius 1 is 1.06 bits per heavy atom. The van der Waals surface area contributed by atoms with Crippen molar-refractivity contribution in [1.29, 1.82) is 0 Å². The zero-order chi connectivity index (χ0) is 12.4. The molecule has 0 aromatic heterocycles. The molecule has 0 spiro atoms. The molecule has 2 atom stereocenters. The Labute approximate surface area is 108 Å². The molecule has 2 aliphatic rings. The van der Waals surface area contributed by atoms with E-state index in [-0.39, 0.29) is 12.0 Å². The van der Waals surface area contributed by atoms with Gasteiger partial charge in [0.15, 0.2) is 0 Å². The lowest BCUT2D eigenvalue weighted by atomic mass is 9.79. The monoisotopic (exact) mass is 248 g/mol. The number of ether oxygens (including phenoxy) is 2. The van der Waals surface area contributed by atoms with Crippen LogP contribution in [0.2, 0.25) is 0 Å². The van der Waals surface area contributed by atoms with E-state index in [1.54, 1.807) is 0 Å². The Morgan fingerprint density at radius 3 is 2.67 bits per heavy atom. The minimum Gasteiger partial charge on any atom is -0.493 e. The molecule has 1 aromatic rings. The molecule has 2 unspecified atom stereocenters. The summed E-state index contributed by atoms with van der Waals surface area (Å²) in [5.74, 6) is 1.54. The molecule has 1 fully saturated rings. The summed E-state index contributed by atoms with van der Waals surface area (Å²) in [7, 11) is 0. The molecule has 0 aliphatic carbocycles. The maximum Gasteiger partial charge on any atom is 0.122 e. The minimum atomic E-state index is -0.265. The van der Waals surface area contributed by atoms with Crippen LogP contribution in [-0.2, 0) is 4.74 Å². The van der Waals surface area contributed by atoms with Gasteiger partial charge >= 0.3 is 0 Å². The van der Waals surface area contributed by atoms with Crippen LogP contribution in [-0.4, -0.2) is 31.0 Å². The molecule has 98 valence electrons. The zero-order valence-corrected chi connectivity index (χ0v) is 10.5. The molecule has 0 amide bonds. The van der Waals surface area contributed by atoms with E-state index in [2.05, 4.69) is 6.07 Å². The molecule has 3 heteroatoms. The standard InChI is InChI=1S/C15H20O3/c16-15(11-5-8-17-9-6-11)13-7-10-18-14-4-2-1-3-12(13)14/h1-4,11,13,15-16H,5-10H2. The largest absolute Gasteiger partial charge is 0.493 e. The molecule has 1 aromatic carbocycles. The van der Waals surface area contributed by atoms with Crippen molar-refractivity contribution in [1.82, 2.24) is 0 Å². The number of para-hydroxylation sites is 1. The molecule has 0 saturated carbocycles. The summed E-state index contributed by atoms with van der Waals surface area (Å²) in [6.07, 6.45) is 2.59. The van der Waals surface area contributed by atoms with Crippen LogP contribution in [0.4, 0.5) is 0 Å². The lowest BCUT2D eigenvalue weighted by Gasteiger charge is -2.35. The van der Waals surface area contributed by atoms with Crippen LogP contribution in [0.5, 0.6) is 5.75 Å². The van der Waals surface area contributed by atoms with Gasteiger partial charge in [0, 0.05) is 19.1 Å². The van der Waals surface area contributed by atoms with Crippen molar-refractivity contribution < 1.29 is 14.6 Å². The van der Waals surface area contributed by atoms with Gasteiger partial charge in [0.2, 0.25) is 0 Å². The molecule has 0 radical (unpaired) electrons. The predicted octanol–water partition coefficient (Wildman–Crippen LogP) is 2.34. The second-order valence-electron chi connectivity index (χ2n) is 5.22. The van der Waals surface area contributed by atoms with Gasteiger partial charge in [-0.05, 0) is 36.8 Å². The highest BCUT2D eigenvalue weighted by Gasteiger charge is 2.33. The van der Waals surface area contributed by atoms with E-state index >= 15 is 0 Å². The van der Waals surface area contributed by atoms with Gasteiger partial charge in [-0.3, -0.25) is 0 Å². The molecule has 3 rings (SSSR count). The molecule has 0 bridgehead atoms. The first-order valence-electron chi connectivity index (χ1n) is 6.84. The van der Waals surface area contributed by atoms with E-state index in [9.17, 15) is 5.11 Å². The highest BCUT2D eigenvalue weighted by atomic mass is 16.5. The molecule has 2 aliphatic heterocycles. The van der Waals surface area contributed by atoms with E-state index in [0.29, 0.717) is 12.5 Å². The van der Waals surface area contributed by atoms with Crippen LogP contribution in [0.1, 0.15) is 30.7 Å². The molecule has 18 heavy (non-hydrogen) atoms. The normalized spacial score (nSPS) is 26.2. The Hall–Kier alpha value is -1.06. The average Bonchev–Trinajstić information content (AvgIpc) is 2.47. The van der Waals surface area contributed by atoms with Crippen LogP contribution < -0.4 is 4.74 Å². The number of benzene rings is 1. The third-order valence-corrected chi connectivity index (χ3v) is 4.17. The SMILES string of the molecule is OC(C1CCOCC1)C1CCOc2ccccc21. The van der Waals surface area contributed by atoms with E-state index in [0.717, 1.165) is 38.2 Å². The summed E-state index contributed by atoms with van der Waals surface area (Å²) in [4.78, 5) is 0. The summed E-state index contributed by atoms with van der Waals surface area (Å²) < 4.78 is 11.0.